The molecule has 0 aliphatic heterocycles. The molecule has 1 N–H and O–H groups in total. The molecule has 2 rings (SSSR count). The third kappa shape index (κ3) is 3.75. The first kappa shape index (κ1) is 16.3. The zero-order chi connectivity index (χ0) is 15.6. The lowest BCUT2D eigenvalue weighted by Crippen LogP contribution is -2.13. The van der Waals surface area contributed by atoms with Crippen molar-refractivity contribution in [2.45, 2.75) is 4.90 Å². The van der Waals surface area contributed by atoms with Crippen LogP contribution in [0.5, 0.6) is 5.75 Å². The topological polar surface area (TPSA) is 55.4 Å². The first-order valence-electron chi connectivity index (χ1n) is 5.65. The minimum atomic E-state index is -3.81. The first-order chi connectivity index (χ1) is 9.83. The number of rotatable bonds is 4. The molecule has 0 aliphatic carbocycles. The maximum atomic E-state index is 13.3. The lowest BCUT2D eigenvalue weighted by atomic mass is 10.3. The molecule has 2 aromatic rings. The predicted molar refractivity (Wildman–Crippen MR) is 85.6 cm³/mol. The normalized spacial score (nSPS) is 11.2. The Bertz CT molecular complexity index is 781. The molecular weight excluding hydrogens is 429 g/mol. The molecule has 0 saturated heterocycles. The summed E-state index contributed by atoms with van der Waals surface area (Å²) in [6.45, 7) is 0. The Hall–Kier alpha value is -1.12. The Morgan fingerprint density at radius 3 is 2.52 bits per heavy atom. The van der Waals surface area contributed by atoms with Crippen LogP contribution in [0.2, 0.25) is 0 Å². The van der Waals surface area contributed by atoms with Crippen LogP contribution in [0.25, 0.3) is 0 Å². The second kappa shape index (κ2) is 6.33. The molecule has 0 unspecified atom stereocenters. The van der Waals surface area contributed by atoms with E-state index in [0.29, 0.717) is 8.95 Å². The van der Waals surface area contributed by atoms with Gasteiger partial charge in [-0.2, -0.15) is 0 Å². The van der Waals surface area contributed by atoms with Gasteiger partial charge in [0, 0.05) is 15.0 Å². The molecule has 0 saturated carbocycles. The van der Waals surface area contributed by atoms with Crippen LogP contribution in [0, 0.1) is 5.82 Å². The summed E-state index contributed by atoms with van der Waals surface area (Å²) >= 11 is 6.42. The molecule has 4 nitrogen and oxygen atoms in total. The SMILES string of the molecule is COc1cc(NS(=O)(=O)c2cc(Br)ccc2Br)ccc1F. The van der Waals surface area contributed by atoms with E-state index in [9.17, 15) is 12.8 Å². The van der Waals surface area contributed by atoms with Crippen molar-refractivity contribution < 1.29 is 17.5 Å². The Morgan fingerprint density at radius 2 is 1.86 bits per heavy atom. The number of halogens is 3. The monoisotopic (exact) mass is 437 g/mol. The quantitative estimate of drug-likeness (QED) is 0.779. The molecule has 0 amide bonds. The van der Waals surface area contributed by atoms with Gasteiger partial charge in [0.15, 0.2) is 11.6 Å². The molecule has 0 heterocycles. The molecule has 112 valence electrons. The van der Waals surface area contributed by atoms with Crippen molar-refractivity contribution >= 4 is 47.6 Å². The van der Waals surface area contributed by atoms with Gasteiger partial charge < -0.3 is 4.74 Å². The number of benzene rings is 2. The smallest absolute Gasteiger partial charge is 0.263 e. The van der Waals surface area contributed by atoms with E-state index in [0.717, 1.165) is 6.07 Å². The molecule has 0 fully saturated rings. The summed E-state index contributed by atoms with van der Waals surface area (Å²) in [5.41, 5.74) is 0.208. The molecule has 0 radical (unpaired) electrons. The number of ether oxygens (including phenoxy) is 1. The van der Waals surface area contributed by atoms with E-state index in [-0.39, 0.29) is 16.3 Å². The van der Waals surface area contributed by atoms with Crippen LogP contribution in [-0.4, -0.2) is 15.5 Å². The summed E-state index contributed by atoms with van der Waals surface area (Å²) in [6, 6.07) is 8.52. The van der Waals surface area contributed by atoms with Crippen LogP contribution in [0.3, 0.4) is 0 Å². The molecular formula is C13H10Br2FNO3S. The Labute approximate surface area is 138 Å². The Balaban J connectivity index is 2.40. The zero-order valence-corrected chi connectivity index (χ0v) is 14.7. The second-order valence-corrected chi connectivity index (χ2v) is 7.45. The van der Waals surface area contributed by atoms with Gasteiger partial charge in [0.25, 0.3) is 10.0 Å². The number of sulfonamides is 1. The van der Waals surface area contributed by atoms with E-state index in [2.05, 4.69) is 36.6 Å². The minimum Gasteiger partial charge on any atom is -0.494 e. The van der Waals surface area contributed by atoms with E-state index < -0.39 is 15.8 Å². The van der Waals surface area contributed by atoms with Gasteiger partial charge in [0.05, 0.1) is 12.8 Å². The second-order valence-electron chi connectivity index (χ2n) is 4.03. The molecule has 2 aromatic carbocycles. The van der Waals surface area contributed by atoms with E-state index in [1.165, 1.54) is 25.3 Å². The Kier molecular flexibility index (Phi) is 4.90. The average molecular weight is 439 g/mol. The molecule has 0 aliphatic rings. The van der Waals surface area contributed by atoms with Gasteiger partial charge in [0.2, 0.25) is 0 Å². The third-order valence-electron chi connectivity index (χ3n) is 2.59. The van der Waals surface area contributed by atoms with Crippen LogP contribution in [0.1, 0.15) is 0 Å². The van der Waals surface area contributed by atoms with Gasteiger partial charge in [-0.1, -0.05) is 15.9 Å². The van der Waals surface area contributed by atoms with Crippen molar-refractivity contribution in [2.75, 3.05) is 11.8 Å². The average Bonchev–Trinajstić information content (AvgIpc) is 2.43. The van der Waals surface area contributed by atoms with Crippen molar-refractivity contribution in [3.05, 3.63) is 51.2 Å². The molecule has 0 bridgehead atoms. The summed E-state index contributed by atoms with van der Waals surface area (Å²) < 4.78 is 46.3. The fourth-order valence-electron chi connectivity index (χ4n) is 1.62. The van der Waals surface area contributed by atoms with Gasteiger partial charge in [0.1, 0.15) is 4.90 Å². The highest BCUT2D eigenvalue weighted by Crippen LogP contribution is 2.29. The summed E-state index contributed by atoms with van der Waals surface area (Å²) in [5, 5.41) is 0. The van der Waals surface area contributed by atoms with Crippen molar-refractivity contribution in [1.82, 2.24) is 0 Å². The summed E-state index contributed by atoms with van der Waals surface area (Å²) in [6.07, 6.45) is 0. The first-order valence-corrected chi connectivity index (χ1v) is 8.72. The highest BCUT2D eigenvalue weighted by Gasteiger charge is 2.19. The van der Waals surface area contributed by atoms with Crippen LogP contribution in [-0.2, 0) is 10.0 Å². The molecule has 0 atom stereocenters. The van der Waals surface area contributed by atoms with E-state index in [4.69, 9.17) is 4.74 Å². The van der Waals surface area contributed by atoms with Gasteiger partial charge in [-0.15, -0.1) is 0 Å². The van der Waals surface area contributed by atoms with E-state index >= 15 is 0 Å². The predicted octanol–water partition coefficient (Wildman–Crippen LogP) is 4.16. The van der Waals surface area contributed by atoms with E-state index in [1.807, 2.05) is 0 Å². The van der Waals surface area contributed by atoms with Gasteiger partial charge >= 0.3 is 0 Å². The largest absolute Gasteiger partial charge is 0.494 e. The lowest BCUT2D eigenvalue weighted by Gasteiger charge is -2.11. The van der Waals surface area contributed by atoms with E-state index in [1.54, 1.807) is 12.1 Å². The third-order valence-corrected chi connectivity index (χ3v) is 5.45. The standard InChI is InChI=1S/C13H10Br2FNO3S/c1-20-12-7-9(3-5-11(12)16)17-21(18,19)13-6-8(14)2-4-10(13)15/h2-7,17H,1H3. The summed E-state index contributed by atoms with van der Waals surface area (Å²) in [5.74, 6) is -0.604. The lowest BCUT2D eigenvalue weighted by molar-refractivity contribution is 0.387. The molecule has 21 heavy (non-hydrogen) atoms. The maximum absolute atomic E-state index is 13.3. The highest BCUT2D eigenvalue weighted by atomic mass is 79.9. The number of hydrogen-bond donors (Lipinski definition) is 1. The molecule has 0 aromatic heterocycles. The van der Waals surface area contributed by atoms with Gasteiger partial charge in [-0.05, 0) is 46.3 Å². The maximum Gasteiger partial charge on any atom is 0.263 e. The van der Waals surface area contributed by atoms with Crippen molar-refractivity contribution in [3.63, 3.8) is 0 Å². The number of nitrogens with one attached hydrogen (secondary N) is 1. The Morgan fingerprint density at radius 1 is 1.14 bits per heavy atom. The highest BCUT2D eigenvalue weighted by molar-refractivity contribution is 9.11. The number of anilines is 1. The zero-order valence-electron chi connectivity index (χ0n) is 10.7. The van der Waals surface area contributed by atoms with Crippen molar-refractivity contribution in [2.24, 2.45) is 0 Å². The van der Waals surface area contributed by atoms with Crippen LogP contribution in [0.4, 0.5) is 10.1 Å². The molecule has 0 spiro atoms. The summed E-state index contributed by atoms with van der Waals surface area (Å²) in [4.78, 5) is 0.0696. The minimum absolute atomic E-state index is 0.0384. The number of hydrogen-bond acceptors (Lipinski definition) is 3. The van der Waals surface area contributed by atoms with Crippen LogP contribution >= 0.6 is 31.9 Å². The fraction of sp³-hybridized carbons (Fsp3) is 0.0769. The molecule has 8 heteroatoms. The van der Waals surface area contributed by atoms with Gasteiger partial charge in [-0.25, -0.2) is 12.8 Å². The van der Waals surface area contributed by atoms with Gasteiger partial charge in [-0.3, -0.25) is 4.72 Å². The summed E-state index contributed by atoms with van der Waals surface area (Å²) in [7, 11) is -2.50. The van der Waals surface area contributed by atoms with Crippen LogP contribution < -0.4 is 9.46 Å². The number of methoxy groups -OCH3 is 1. The van der Waals surface area contributed by atoms with Crippen LogP contribution in [0.15, 0.2) is 50.2 Å². The van der Waals surface area contributed by atoms with Crippen molar-refractivity contribution in [3.8, 4) is 5.75 Å². The fourth-order valence-corrected chi connectivity index (χ4v) is 4.17. The van der Waals surface area contributed by atoms with Crippen molar-refractivity contribution in [1.29, 1.82) is 0 Å².